The van der Waals surface area contributed by atoms with Crippen molar-refractivity contribution in [1.29, 1.82) is 0 Å². The number of hydrogen-bond donors (Lipinski definition) is 4. The molecule has 0 saturated carbocycles. The Morgan fingerprint density at radius 3 is 2.71 bits per heavy atom. The van der Waals surface area contributed by atoms with Gasteiger partial charge in [0.05, 0.1) is 23.1 Å². The number of aromatic nitrogens is 2. The molecule has 14 nitrogen and oxygen atoms in total. The standard InChI is InChI=1S/C25H32ClN9O5S/c1-34(13-16-5-3-11-40-16)41(38,39)17-6-2-4-15(12-17)23(37)35-9-7-25(8-10-35)14-29-24(33-25)32-22(36)18-20(27)31-21(28)19(26)30-18/h2,4,6,12,16H,3,5,7-11,13-14H2,1H3,(H4,27,28,31)(H2,29,32,33,36). The monoisotopic (exact) mass is 605 g/mol. The zero-order valence-corrected chi connectivity index (χ0v) is 24.0. The van der Waals surface area contributed by atoms with Gasteiger partial charge in [-0.3, -0.25) is 19.9 Å². The fourth-order valence-corrected chi connectivity index (χ4v) is 6.53. The summed E-state index contributed by atoms with van der Waals surface area (Å²) in [6.07, 6.45) is 2.76. The van der Waals surface area contributed by atoms with E-state index in [0.29, 0.717) is 44.6 Å². The summed E-state index contributed by atoms with van der Waals surface area (Å²) < 4.78 is 33.2. The number of likely N-dealkylation sites (N-methyl/N-ethyl adjacent to an activating group) is 1. The lowest BCUT2D eigenvalue weighted by atomic mass is 9.88. The third-order valence-corrected chi connectivity index (χ3v) is 9.65. The number of halogens is 1. The Bertz CT molecular complexity index is 1490. The first-order valence-electron chi connectivity index (χ1n) is 13.2. The van der Waals surface area contributed by atoms with E-state index in [1.807, 2.05) is 0 Å². The number of benzene rings is 1. The van der Waals surface area contributed by atoms with Crippen molar-refractivity contribution in [2.24, 2.45) is 4.99 Å². The first-order chi connectivity index (χ1) is 19.5. The number of nitrogens with one attached hydrogen (secondary N) is 2. The zero-order chi connectivity index (χ0) is 29.4. The van der Waals surface area contributed by atoms with Crippen molar-refractivity contribution in [2.75, 3.05) is 51.3 Å². The molecular weight excluding hydrogens is 574 g/mol. The average Bonchev–Trinajstić information content (AvgIpc) is 3.61. The van der Waals surface area contributed by atoms with E-state index in [1.54, 1.807) is 17.0 Å². The molecule has 4 heterocycles. The van der Waals surface area contributed by atoms with Crippen molar-refractivity contribution in [2.45, 2.75) is 42.2 Å². The van der Waals surface area contributed by atoms with E-state index in [0.717, 1.165) is 12.8 Å². The number of carbonyl (C=O) groups excluding carboxylic acids is 2. The van der Waals surface area contributed by atoms with E-state index in [9.17, 15) is 18.0 Å². The maximum absolute atomic E-state index is 13.3. The number of nitrogens with zero attached hydrogens (tertiary/aromatic N) is 5. The lowest BCUT2D eigenvalue weighted by Gasteiger charge is -2.39. The molecule has 1 aromatic heterocycles. The van der Waals surface area contributed by atoms with Gasteiger partial charge in [-0.2, -0.15) is 4.31 Å². The molecule has 2 saturated heterocycles. The SMILES string of the molecule is CN(CC1CCCO1)S(=O)(=O)c1cccc(C(=O)N2CCC3(CC2)CN=C(NC(=O)c2nc(Cl)c(N)nc2N)N3)c1. The highest BCUT2D eigenvalue weighted by molar-refractivity contribution is 7.89. The second-order valence-corrected chi connectivity index (χ2v) is 12.8. The molecule has 3 aliphatic rings. The van der Waals surface area contributed by atoms with Gasteiger partial charge in [0.2, 0.25) is 10.0 Å². The molecule has 0 bridgehead atoms. The summed E-state index contributed by atoms with van der Waals surface area (Å²) in [6, 6.07) is 6.12. The van der Waals surface area contributed by atoms with Crippen molar-refractivity contribution in [3.05, 3.63) is 40.7 Å². The predicted molar refractivity (Wildman–Crippen MR) is 152 cm³/mol. The average molecular weight is 606 g/mol. The minimum Gasteiger partial charge on any atom is -0.382 e. The quantitative estimate of drug-likeness (QED) is 0.359. The Balaban J connectivity index is 1.18. The molecular formula is C25H32ClN9O5S. The third-order valence-electron chi connectivity index (χ3n) is 7.56. The second kappa shape index (κ2) is 11.4. The molecule has 2 aromatic rings. The van der Waals surface area contributed by atoms with Crippen LogP contribution in [0.4, 0.5) is 11.6 Å². The number of amides is 2. The van der Waals surface area contributed by atoms with Crippen LogP contribution in [0.25, 0.3) is 0 Å². The molecule has 1 aromatic carbocycles. The molecule has 2 fully saturated rings. The Morgan fingerprint density at radius 2 is 2.00 bits per heavy atom. The van der Waals surface area contributed by atoms with Gasteiger partial charge >= 0.3 is 0 Å². The minimum absolute atomic E-state index is 0.0660. The summed E-state index contributed by atoms with van der Waals surface area (Å²) in [5.41, 5.74) is 11.0. The molecule has 2 amide bonds. The number of aliphatic imine (C=N–C) groups is 1. The van der Waals surface area contributed by atoms with Gasteiger partial charge in [0, 0.05) is 38.9 Å². The van der Waals surface area contributed by atoms with Gasteiger partial charge in [-0.15, -0.1) is 0 Å². The Kier molecular flexibility index (Phi) is 8.05. The number of sulfonamides is 1. The maximum atomic E-state index is 13.3. The highest BCUT2D eigenvalue weighted by Crippen LogP contribution is 2.28. The molecule has 1 unspecified atom stereocenters. The summed E-state index contributed by atoms with van der Waals surface area (Å²) in [6.45, 7) is 2.15. The molecule has 41 heavy (non-hydrogen) atoms. The van der Waals surface area contributed by atoms with Crippen molar-refractivity contribution < 1.29 is 22.7 Å². The lowest BCUT2D eigenvalue weighted by Crippen LogP contribution is -2.57. The summed E-state index contributed by atoms with van der Waals surface area (Å²) in [5, 5.41) is 5.76. The number of nitrogens with two attached hydrogens (primary N) is 2. The van der Waals surface area contributed by atoms with Gasteiger partial charge in [0.15, 0.2) is 28.4 Å². The first kappa shape index (κ1) is 29.0. The highest BCUT2D eigenvalue weighted by atomic mass is 35.5. The Hall–Kier alpha value is -3.53. The number of likely N-dealkylation sites (tertiary alicyclic amines) is 1. The Labute approximate surface area is 242 Å². The number of piperidine rings is 1. The number of guanidine groups is 1. The molecule has 1 spiro atoms. The zero-order valence-electron chi connectivity index (χ0n) is 22.5. The largest absolute Gasteiger partial charge is 0.382 e. The second-order valence-electron chi connectivity index (χ2n) is 10.4. The summed E-state index contributed by atoms with van der Waals surface area (Å²) in [4.78, 5) is 39.9. The van der Waals surface area contributed by atoms with Crippen LogP contribution < -0.4 is 22.1 Å². The van der Waals surface area contributed by atoms with Crippen LogP contribution in [-0.2, 0) is 14.8 Å². The first-order valence-corrected chi connectivity index (χ1v) is 15.0. The van der Waals surface area contributed by atoms with Crippen molar-refractivity contribution in [3.63, 3.8) is 0 Å². The third kappa shape index (κ3) is 6.07. The topological polar surface area (TPSA) is 198 Å². The van der Waals surface area contributed by atoms with Gasteiger partial charge in [0.1, 0.15) is 0 Å². The van der Waals surface area contributed by atoms with E-state index in [2.05, 4.69) is 25.6 Å². The summed E-state index contributed by atoms with van der Waals surface area (Å²) >= 11 is 5.87. The van der Waals surface area contributed by atoms with Crippen molar-refractivity contribution in [3.8, 4) is 0 Å². The normalized spacial score (nSPS) is 20.2. The number of rotatable bonds is 6. The van der Waals surface area contributed by atoms with Crippen LogP contribution in [0.3, 0.4) is 0 Å². The van der Waals surface area contributed by atoms with Gasteiger partial charge in [-0.1, -0.05) is 17.7 Å². The number of ether oxygens (including phenoxy) is 1. The van der Waals surface area contributed by atoms with Crippen LogP contribution in [0.2, 0.25) is 5.15 Å². The number of carbonyl (C=O) groups is 2. The fraction of sp³-hybridized carbons (Fsp3) is 0.480. The molecule has 16 heteroatoms. The van der Waals surface area contributed by atoms with Crippen LogP contribution in [0.15, 0.2) is 34.2 Å². The van der Waals surface area contributed by atoms with Gasteiger partial charge in [0.25, 0.3) is 11.8 Å². The number of hydrogen-bond acceptors (Lipinski definition) is 11. The molecule has 0 radical (unpaired) electrons. The number of nitrogen functional groups attached to an aromatic ring is 2. The molecule has 5 rings (SSSR count). The van der Waals surface area contributed by atoms with Crippen LogP contribution in [-0.4, -0.2) is 96.8 Å². The maximum Gasteiger partial charge on any atom is 0.280 e. The van der Waals surface area contributed by atoms with Gasteiger partial charge in [-0.25, -0.2) is 18.4 Å². The van der Waals surface area contributed by atoms with Crippen molar-refractivity contribution >= 4 is 51.0 Å². The van der Waals surface area contributed by atoms with Crippen LogP contribution in [0.1, 0.15) is 46.5 Å². The van der Waals surface area contributed by atoms with E-state index >= 15 is 0 Å². The molecule has 3 aliphatic heterocycles. The number of anilines is 2. The minimum atomic E-state index is -3.78. The predicted octanol–water partition coefficient (Wildman–Crippen LogP) is 0.458. The summed E-state index contributed by atoms with van der Waals surface area (Å²) in [7, 11) is -2.26. The fourth-order valence-electron chi connectivity index (χ4n) is 5.15. The Morgan fingerprint density at radius 1 is 1.24 bits per heavy atom. The van der Waals surface area contributed by atoms with E-state index in [1.165, 1.54) is 23.5 Å². The van der Waals surface area contributed by atoms with Gasteiger partial charge < -0.3 is 26.4 Å². The lowest BCUT2D eigenvalue weighted by molar-refractivity contribution is 0.0668. The van der Waals surface area contributed by atoms with Crippen molar-refractivity contribution in [1.82, 2.24) is 29.8 Å². The highest BCUT2D eigenvalue weighted by Gasteiger charge is 2.40. The van der Waals surface area contributed by atoms with Crippen LogP contribution in [0.5, 0.6) is 0 Å². The van der Waals surface area contributed by atoms with E-state index in [-0.39, 0.29) is 51.9 Å². The smallest absolute Gasteiger partial charge is 0.280 e. The van der Waals surface area contributed by atoms with Crippen LogP contribution in [0, 0.1) is 0 Å². The molecule has 6 N–H and O–H groups in total. The molecule has 220 valence electrons. The summed E-state index contributed by atoms with van der Waals surface area (Å²) in [5.74, 6) is -0.860. The molecule has 0 aliphatic carbocycles. The van der Waals surface area contributed by atoms with E-state index < -0.39 is 21.5 Å². The van der Waals surface area contributed by atoms with E-state index in [4.69, 9.17) is 27.8 Å². The van der Waals surface area contributed by atoms with Crippen LogP contribution >= 0.6 is 11.6 Å². The molecule has 1 atom stereocenters. The van der Waals surface area contributed by atoms with Gasteiger partial charge in [-0.05, 0) is 43.9 Å².